The molecule has 2 aromatic carbocycles. The highest BCUT2D eigenvalue weighted by Gasteiger charge is 2.11. The fourth-order valence-electron chi connectivity index (χ4n) is 3.11. The number of esters is 1. The number of carbonyl (C=O) groups is 1. The van der Waals surface area contributed by atoms with Crippen LogP contribution in [0.2, 0.25) is 0 Å². The van der Waals surface area contributed by atoms with Gasteiger partial charge in [0.1, 0.15) is 0 Å². The highest BCUT2D eigenvalue weighted by atomic mass is 16.5. The number of ether oxygens (including phenoxy) is 1. The number of allylic oxidation sites excluding steroid dienone is 2. The fraction of sp³-hybridized carbons (Fsp3) is 0.174. The third kappa shape index (κ3) is 3.94. The lowest BCUT2D eigenvalue weighted by Crippen LogP contribution is -2.01. The Morgan fingerprint density at radius 3 is 2.54 bits per heavy atom. The lowest BCUT2D eigenvalue weighted by molar-refractivity contribution is -0.137. The minimum Gasteiger partial charge on any atom is -0.463 e. The van der Waals surface area contributed by atoms with E-state index in [1.54, 1.807) is 13.0 Å². The molecule has 1 aromatic heterocycles. The smallest absolute Gasteiger partial charge is 0.330 e. The zero-order valence-electron chi connectivity index (χ0n) is 15.2. The number of rotatable bonds is 6. The standard InChI is InChI=1S/C23H23NO2/c1-3-26-23(25)16-10-8-13-20-18(2)24(17-19-11-5-4-6-12-19)22-15-9-7-14-21(20)22/h4-16H,3,17H2,1-2H3. The van der Waals surface area contributed by atoms with Crippen molar-refractivity contribution < 1.29 is 9.53 Å². The number of hydrogen-bond acceptors (Lipinski definition) is 2. The maximum atomic E-state index is 11.4. The SMILES string of the molecule is CCOC(=O)C=CC=Cc1c(C)n(Cc2ccccc2)c2ccccc12. The van der Waals surface area contributed by atoms with Gasteiger partial charge in [-0.3, -0.25) is 0 Å². The molecule has 3 rings (SSSR count). The van der Waals surface area contributed by atoms with Gasteiger partial charge in [0.25, 0.3) is 0 Å². The van der Waals surface area contributed by atoms with Crippen molar-refractivity contribution in [2.75, 3.05) is 6.61 Å². The molecule has 0 saturated heterocycles. The summed E-state index contributed by atoms with van der Waals surface area (Å²) in [5, 5.41) is 1.21. The molecule has 0 amide bonds. The number of benzene rings is 2. The molecule has 0 aliphatic carbocycles. The van der Waals surface area contributed by atoms with Crippen molar-refractivity contribution in [1.82, 2.24) is 4.57 Å². The molecule has 0 saturated carbocycles. The number of para-hydroxylation sites is 1. The van der Waals surface area contributed by atoms with Gasteiger partial charge < -0.3 is 9.30 Å². The molecule has 0 radical (unpaired) electrons. The van der Waals surface area contributed by atoms with Gasteiger partial charge in [-0.2, -0.15) is 0 Å². The summed E-state index contributed by atoms with van der Waals surface area (Å²) in [6, 6.07) is 18.9. The first kappa shape index (κ1) is 17.7. The lowest BCUT2D eigenvalue weighted by Gasteiger charge is -2.08. The van der Waals surface area contributed by atoms with Gasteiger partial charge in [-0.25, -0.2) is 4.79 Å². The molecule has 0 atom stereocenters. The van der Waals surface area contributed by atoms with Crippen LogP contribution < -0.4 is 0 Å². The maximum Gasteiger partial charge on any atom is 0.330 e. The van der Waals surface area contributed by atoms with Crippen molar-refractivity contribution >= 4 is 22.9 Å². The summed E-state index contributed by atoms with van der Waals surface area (Å²) >= 11 is 0. The lowest BCUT2D eigenvalue weighted by atomic mass is 10.1. The van der Waals surface area contributed by atoms with Gasteiger partial charge in [0.15, 0.2) is 0 Å². The first-order valence-electron chi connectivity index (χ1n) is 8.84. The van der Waals surface area contributed by atoms with Crippen molar-refractivity contribution in [3.8, 4) is 0 Å². The van der Waals surface area contributed by atoms with Crippen molar-refractivity contribution in [2.24, 2.45) is 0 Å². The summed E-state index contributed by atoms with van der Waals surface area (Å²) in [6.07, 6.45) is 7.10. The number of aromatic nitrogens is 1. The van der Waals surface area contributed by atoms with E-state index < -0.39 is 0 Å². The molecule has 0 aliphatic heterocycles. The Kier molecular flexibility index (Phi) is 5.69. The van der Waals surface area contributed by atoms with Crippen LogP contribution in [0.25, 0.3) is 17.0 Å². The Bertz CT molecular complexity index is 949. The van der Waals surface area contributed by atoms with Gasteiger partial charge in [0.2, 0.25) is 0 Å². The fourth-order valence-corrected chi connectivity index (χ4v) is 3.11. The number of nitrogens with zero attached hydrogens (tertiary/aromatic N) is 1. The van der Waals surface area contributed by atoms with E-state index in [-0.39, 0.29) is 5.97 Å². The monoisotopic (exact) mass is 345 g/mol. The Labute approximate surface area is 154 Å². The van der Waals surface area contributed by atoms with Crippen LogP contribution in [0.4, 0.5) is 0 Å². The van der Waals surface area contributed by atoms with E-state index in [0.717, 1.165) is 6.54 Å². The highest BCUT2D eigenvalue weighted by Crippen LogP contribution is 2.27. The van der Waals surface area contributed by atoms with Crippen LogP contribution >= 0.6 is 0 Å². The molecular weight excluding hydrogens is 322 g/mol. The third-order valence-corrected chi connectivity index (χ3v) is 4.36. The Morgan fingerprint density at radius 2 is 1.77 bits per heavy atom. The van der Waals surface area contributed by atoms with E-state index in [2.05, 4.69) is 66.1 Å². The van der Waals surface area contributed by atoms with E-state index in [9.17, 15) is 4.79 Å². The maximum absolute atomic E-state index is 11.4. The normalized spacial score (nSPS) is 11.6. The van der Waals surface area contributed by atoms with Gasteiger partial charge in [-0.1, -0.05) is 66.8 Å². The number of hydrogen-bond donors (Lipinski definition) is 0. The topological polar surface area (TPSA) is 31.2 Å². The minimum atomic E-state index is -0.319. The molecule has 0 N–H and O–H groups in total. The average molecular weight is 345 g/mol. The zero-order valence-corrected chi connectivity index (χ0v) is 15.2. The van der Waals surface area contributed by atoms with Crippen LogP contribution in [0, 0.1) is 6.92 Å². The minimum absolute atomic E-state index is 0.319. The second-order valence-electron chi connectivity index (χ2n) is 6.06. The van der Waals surface area contributed by atoms with Crippen LogP contribution in [0.3, 0.4) is 0 Å². The molecule has 1 heterocycles. The molecule has 0 spiro atoms. The molecule has 26 heavy (non-hydrogen) atoms. The van der Waals surface area contributed by atoms with E-state index in [1.165, 1.54) is 33.8 Å². The molecule has 0 unspecified atom stereocenters. The van der Waals surface area contributed by atoms with Gasteiger partial charge in [-0.05, 0) is 25.5 Å². The third-order valence-electron chi connectivity index (χ3n) is 4.36. The average Bonchev–Trinajstić information content (AvgIpc) is 2.92. The first-order chi connectivity index (χ1) is 12.7. The summed E-state index contributed by atoms with van der Waals surface area (Å²) < 4.78 is 7.23. The van der Waals surface area contributed by atoms with E-state index in [1.807, 2.05) is 12.1 Å². The van der Waals surface area contributed by atoms with Crippen LogP contribution in [0.1, 0.15) is 23.7 Å². The molecular formula is C23H23NO2. The van der Waals surface area contributed by atoms with Crippen molar-refractivity contribution in [3.05, 3.63) is 89.6 Å². The molecule has 0 aliphatic rings. The van der Waals surface area contributed by atoms with Crippen LogP contribution in [-0.4, -0.2) is 17.1 Å². The number of fused-ring (bicyclic) bond motifs is 1. The van der Waals surface area contributed by atoms with E-state index >= 15 is 0 Å². The predicted octanol–water partition coefficient (Wildman–Crippen LogP) is 5.13. The van der Waals surface area contributed by atoms with Crippen LogP contribution in [-0.2, 0) is 16.1 Å². The molecule has 3 heteroatoms. The van der Waals surface area contributed by atoms with Gasteiger partial charge in [0, 0.05) is 34.8 Å². The predicted molar refractivity (Wildman–Crippen MR) is 107 cm³/mol. The summed E-state index contributed by atoms with van der Waals surface area (Å²) in [7, 11) is 0. The first-order valence-corrected chi connectivity index (χ1v) is 8.84. The van der Waals surface area contributed by atoms with E-state index in [0.29, 0.717) is 6.61 Å². The van der Waals surface area contributed by atoms with E-state index in [4.69, 9.17) is 4.74 Å². The van der Waals surface area contributed by atoms with Gasteiger partial charge >= 0.3 is 5.97 Å². The van der Waals surface area contributed by atoms with Crippen molar-refractivity contribution in [1.29, 1.82) is 0 Å². The molecule has 3 nitrogen and oxygen atoms in total. The largest absolute Gasteiger partial charge is 0.463 e. The number of carbonyl (C=O) groups excluding carboxylic acids is 1. The van der Waals surface area contributed by atoms with Crippen molar-refractivity contribution in [2.45, 2.75) is 20.4 Å². The van der Waals surface area contributed by atoms with Crippen molar-refractivity contribution in [3.63, 3.8) is 0 Å². The quantitative estimate of drug-likeness (QED) is 0.352. The zero-order chi connectivity index (χ0) is 18.4. The highest BCUT2D eigenvalue weighted by molar-refractivity contribution is 5.91. The summed E-state index contributed by atoms with van der Waals surface area (Å²) in [5.41, 5.74) is 4.86. The molecule has 3 aromatic rings. The van der Waals surface area contributed by atoms with Gasteiger partial charge in [-0.15, -0.1) is 0 Å². The molecule has 0 fully saturated rings. The van der Waals surface area contributed by atoms with Crippen LogP contribution in [0.15, 0.2) is 72.8 Å². The Morgan fingerprint density at radius 1 is 1.04 bits per heavy atom. The van der Waals surface area contributed by atoms with Crippen LogP contribution in [0.5, 0.6) is 0 Å². The Balaban J connectivity index is 1.93. The molecule has 132 valence electrons. The summed E-state index contributed by atoms with van der Waals surface area (Å²) in [4.78, 5) is 11.4. The second kappa shape index (κ2) is 8.34. The second-order valence-corrected chi connectivity index (χ2v) is 6.06. The molecule has 0 bridgehead atoms. The Hall–Kier alpha value is -3.07. The summed E-state index contributed by atoms with van der Waals surface area (Å²) in [6.45, 7) is 5.16. The van der Waals surface area contributed by atoms with Gasteiger partial charge in [0.05, 0.1) is 6.61 Å². The summed E-state index contributed by atoms with van der Waals surface area (Å²) in [5.74, 6) is -0.319.